The molecular formula is C41H38BBr3N3O3-3. The minimum atomic E-state index is -2.92. The molecule has 262 valence electrons. The lowest BCUT2D eigenvalue weighted by Gasteiger charge is -2.35. The fourth-order valence-corrected chi connectivity index (χ4v) is 4.36. The van der Waals surface area contributed by atoms with Crippen LogP contribution in [-0.4, -0.2) is 7.32 Å². The van der Waals surface area contributed by atoms with Gasteiger partial charge in [-0.25, -0.2) is 15.0 Å². The lowest BCUT2D eigenvalue weighted by molar-refractivity contribution is -0.479. The van der Waals surface area contributed by atoms with E-state index in [-0.39, 0.29) is 50.9 Å². The third-order valence-corrected chi connectivity index (χ3v) is 6.32. The summed E-state index contributed by atoms with van der Waals surface area (Å²) in [4.78, 5) is 8.68. The van der Waals surface area contributed by atoms with Crippen molar-refractivity contribution < 1.29 is 81.0 Å². The second-order valence-corrected chi connectivity index (χ2v) is 9.73. The van der Waals surface area contributed by atoms with E-state index in [2.05, 4.69) is 136 Å². The van der Waals surface area contributed by atoms with Crippen LogP contribution < -0.4 is 81.0 Å². The van der Waals surface area contributed by atoms with Crippen molar-refractivity contribution in [1.29, 1.82) is 0 Å². The first-order chi connectivity index (χ1) is 23.7. The van der Waals surface area contributed by atoms with E-state index in [9.17, 15) is 0 Å². The highest BCUT2D eigenvalue weighted by atomic mass is 79.9. The fourth-order valence-electron chi connectivity index (χ4n) is 4.36. The summed E-state index contributed by atoms with van der Waals surface area (Å²) >= 11 is 0. The summed E-state index contributed by atoms with van der Waals surface area (Å²) in [6.45, 7) is 0. The third kappa shape index (κ3) is 20.0. The Bertz CT molecular complexity index is 1460. The number of aromatic nitrogens is 3. The predicted octanol–water partition coefficient (Wildman–Crippen LogP) is -4.74. The Morgan fingerprint density at radius 3 is 0.569 bits per heavy atom. The monoisotopic (exact) mass is 868 g/mol. The van der Waals surface area contributed by atoms with Crippen LogP contribution in [0.5, 0.6) is 0 Å². The molecule has 6 nitrogen and oxygen atoms in total. The van der Waals surface area contributed by atoms with E-state index >= 15 is 0 Å². The van der Waals surface area contributed by atoms with Gasteiger partial charge in [0.05, 0.1) is 0 Å². The zero-order chi connectivity index (χ0) is 33.9. The van der Waals surface area contributed by atoms with Crippen LogP contribution >= 0.6 is 0 Å². The molecule has 51 heavy (non-hydrogen) atoms. The summed E-state index contributed by atoms with van der Waals surface area (Å²) in [6, 6.07) is 60.2. The van der Waals surface area contributed by atoms with Gasteiger partial charge in [-0.2, -0.15) is 0 Å². The average Bonchev–Trinajstić information content (AvgIpc) is 3.18. The van der Waals surface area contributed by atoms with Crippen LogP contribution in [0.2, 0.25) is 0 Å². The van der Waals surface area contributed by atoms with Crippen molar-refractivity contribution in [3.63, 3.8) is 0 Å². The molecule has 0 saturated carbocycles. The van der Waals surface area contributed by atoms with Crippen LogP contribution in [0.4, 0.5) is 0 Å². The largest absolute Gasteiger partial charge is 1.00 e. The average molecular weight is 871 g/mol. The highest BCUT2D eigenvalue weighted by Gasteiger charge is 2.15. The molecule has 0 aliphatic carbocycles. The molecule has 0 atom stereocenters. The van der Waals surface area contributed by atoms with E-state index in [1.54, 1.807) is 0 Å². The molecule has 0 amide bonds. The van der Waals surface area contributed by atoms with Crippen molar-refractivity contribution in [1.82, 2.24) is 0 Å². The number of H-pyrrole nitrogens is 3. The minimum absolute atomic E-state index is 0. The Labute approximate surface area is 332 Å². The van der Waals surface area contributed by atoms with Crippen LogP contribution in [0.25, 0.3) is 11.1 Å². The van der Waals surface area contributed by atoms with Crippen LogP contribution in [-0.2, 0) is 0 Å². The molecule has 7 rings (SSSR count). The quantitative estimate of drug-likeness (QED) is 0.131. The third-order valence-electron chi connectivity index (χ3n) is 6.32. The van der Waals surface area contributed by atoms with E-state index in [1.807, 2.05) is 91.8 Å². The molecule has 0 fully saturated rings. The van der Waals surface area contributed by atoms with E-state index < -0.39 is 7.32 Å². The molecule has 0 unspecified atom stereocenters. The maximum Gasteiger partial charge on any atom is 0.166 e. The molecule has 10 heteroatoms. The van der Waals surface area contributed by atoms with Gasteiger partial charge in [0, 0.05) is 36.4 Å². The molecule has 0 aliphatic heterocycles. The van der Waals surface area contributed by atoms with Crippen molar-refractivity contribution >= 4 is 18.5 Å². The van der Waals surface area contributed by atoms with Gasteiger partial charge in [-0.05, 0) is 33.4 Å². The molecule has 4 aromatic carbocycles. The van der Waals surface area contributed by atoms with E-state index in [4.69, 9.17) is 15.1 Å². The van der Waals surface area contributed by atoms with E-state index in [0.717, 1.165) is 0 Å². The van der Waals surface area contributed by atoms with Crippen molar-refractivity contribution in [2.45, 2.75) is 0 Å². The first-order valence-corrected chi connectivity index (χ1v) is 15.3. The van der Waals surface area contributed by atoms with Gasteiger partial charge in [-0.3, -0.25) is 7.32 Å². The topological polar surface area (TPSA) is 112 Å². The Morgan fingerprint density at radius 2 is 0.451 bits per heavy atom. The lowest BCUT2D eigenvalue weighted by Crippen LogP contribution is -3.00. The fraction of sp³-hybridized carbons (Fsp3) is 0. The van der Waals surface area contributed by atoms with Crippen molar-refractivity contribution in [3.8, 4) is 0 Å². The number of aromatic amines is 3. The first-order valence-electron chi connectivity index (χ1n) is 15.3. The second kappa shape index (κ2) is 30.3. The summed E-state index contributed by atoms with van der Waals surface area (Å²) in [7, 11) is -2.92. The van der Waals surface area contributed by atoms with Gasteiger partial charge in [0.15, 0.2) is 37.2 Å². The molecule has 0 aliphatic rings. The molecule has 3 heterocycles. The Kier molecular flexibility index (Phi) is 27.6. The molecule has 3 N–H and O–H groups in total. The summed E-state index contributed by atoms with van der Waals surface area (Å²) in [5.74, 6) is 0. The Balaban J connectivity index is 0.000000812. The zero-order valence-corrected chi connectivity index (χ0v) is 32.4. The van der Waals surface area contributed by atoms with Gasteiger partial charge >= 0.3 is 0 Å². The second-order valence-electron chi connectivity index (χ2n) is 9.73. The van der Waals surface area contributed by atoms with Crippen LogP contribution in [0.1, 0.15) is 22.3 Å². The molecule has 3 aromatic heterocycles. The normalized spacial score (nSPS) is 8.61. The van der Waals surface area contributed by atoms with Crippen molar-refractivity contribution in [3.05, 3.63) is 235 Å². The molecule has 0 spiro atoms. The summed E-state index contributed by atoms with van der Waals surface area (Å²) in [5, 5.41) is 25.2. The number of hydrogen-bond acceptors (Lipinski definition) is 3. The number of rotatable bonds is 4. The maximum atomic E-state index is 8.42. The smallest absolute Gasteiger partial charge is 0.166 e. The predicted molar refractivity (Wildman–Crippen MR) is 186 cm³/mol. The summed E-state index contributed by atoms with van der Waals surface area (Å²) in [6.07, 6.45) is 11.2. The number of hydrogen-bond donors (Lipinski definition) is 0. The number of benzene rings is 4. The Hall–Kier alpha value is -4.55. The van der Waals surface area contributed by atoms with E-state index in [1.165, 1.54) is 33.4 Å². The molecule has 0 radical (unpaired) electrons. The van der Waals surface area contributed by atoms with Crippen LogP contribution in [0.3, 0.4) is 0 Å². The Morgan fingerprint density at radius 1 is 0.294 bits per heavy atom. The van der Waals surface area contributed by atoms with Gasteiger partial charge in [-0.15, -0.1) is 0 Å². The van der Waals surface area contributed by atoms with Crippen molar-refractivity contribution in [2.24, 2.45) is 0 Å². The number of pyridine rings is 3. The SMILES string of the molecule is [Br-].[Br-].[Br-].[O-]B([O-])[O-].c1cc[nH+]cc1.c1cc[nH+]cc1.c1cc[nH+]cc1.c1ccc(C(=C(c2ccccc2)c2ccccc2)c2ccccc2)cc1. The molecule has 0 saturated heterocycles. The molecular weight excluding hydrogens is 833 g/mol. The van der Waals surface area contributed by atoms with Crippen LogP contribution in [0.15, 0.2) is 213 Å². The highest BCUT2D eigenvalue weighted by Crippen LogP contribution is 2.36. The molecule has 0 bridgehead atoms. The number of halogens is 3. The van der Waals surface area contributed by atoms with Gasteiger partial charge in [0.2, 0.25) is 0 Å². The van der Waals surface area contributed by atoms with Gasteiger partial charge in [-0.1, -0.05) is 140 Å². The van der Waals surface area contributed by atoms with Crippen LogP contribution in [0, 0.1) is 0 Å². The molecule has 7 aromatic rings. The summed E-state index contributed by atoms with van der Waals surface area (Å²) in [5.41, 5.74) is 7.40. The maximum absolute atomic E-state index is 8.42. The number of nitrogens with one attached hydrogen (secondary N) is 3. The summed E-state index contributed by atoms with van der Waals surface area (Å²) < 4.78 is 0. The van der Waals surface area contributed by atoms with Crippen molar-refractivity contribution in [2.75, 3.05) is 0 Å². The highest BCUT2D eigenvalue weighted by molar-refractivity contribution is 6.24. The van der Waals surface area contributed by atoms with E-state index in [0.29, 0.717) is 0 Å². The van der Waals surface area contributed by atoms with Gasteiger partial charge < -0.3 is 66.0 Å². The van der Waals surface area contributed by atoms with Gasteiger partial charge in [0.1, 0.15) is 0 Å². The first kappa shape index (κ1) is 46.5. The lowest BCUT2D eigenvalue weighted by atomic mass is 9.86. The zero-order valence-electron chi connectivity index (χ0n) is 27.6. The minimum Gasteiger partial charge on any atom is -1.00 e. The standard InChI is InChI=1S/C26H20.3C5H5N.BO3.3BrH/c1-5-13-21(14-6-1)25(22-15-7-2-8-16-22)26(23-17-9-3-10-18-23)24-19-11-4-12-20-24;3*1-2-4-6-5-3-1;2-1(3)4;;;/h1-20H;3*1-5H;;3*1H/q;;;;-3;;;. The van der Waals surface area contributed by atoms with Gasteiger partial charge in [0.25, 0.3) is 0 Å².